The van der Waals surface area contributed by atoms with Gasteiger partial charge < -0.3 is 5.11 Å². The van der Waals surface area contributed by atoms with Crippen molar-refractivity contribution in [3.63, 3.8) is 0 Å². The molecule has 2 rings (SSSR count). The summed E-state index contributed by atoms with van der Waals surface area (Å²) in [6.07, 6.45) is 2.30. The maximum Gasteiger partial charge on any atom is 0.309 e. The van der Waals surface area contributed by atoms with Gasteiger partial charge in [-0.25, -0.2) is 0 Å². The summed E-state index contributed by atoms with van der Waals surface area (Å²) < 4.78 is 0. The summed E-state index contributed by atoms with van der Waals surface area (Å²) in [5.41, 5.74) is 1.95. The highest BCUT2D eigenvalue weighted by atomic mass is 16.4. The molecule has 0 saturated heterocycles. The van der Waals surface area contributed by atoms with Gasteiger partial charge >= 0.3 is 5.97 Å². The molecule has 0 unspecified atom stereocenters. The lowest BCUT2D eigenvalue weighted by atomic mass is 9.73. The van der Waals surface area contributed by atoms with Crippen LogP contribution in [-0.2, 0) is 17.6 Å². The van der Waals surface area contributed by atoms with Gasteiger partial charge in [-0.15, -0.1) is 0 Å². The number of aryl methyl sites for hydroxylation is 1. The van der Waals surface area contributed by atoms with E-state index in [4.69, 9.17) is 5.11 Å². The van der Waals surface area contributed by atoms with Crippen LogP contribution in [0.5, 0.6) is 0 Å². The van der Waals surface area contributed by atoms with E-state index in [2.05, 4.69) is 6.07 Å². The maximum absolute atomic E-state index is 11.1. The summed E-state index contributed by atoms with van der Waals surface area (Å²) >= 11 is 0. The minimum absolute atomic E-state index is 0.561. The van der Waals surface area contributed by atoms with Crippen LogP contribution in [0.1, 0.15) is 24.5 Å². The smallest absolute Gasteiger partial charge is 0.309 e. The zero-order chi connectivity index (χ0) is 10.2. The van der Waals surface area contributed by atoms with Gasteiger partial charge in [0.25, 0.3) is 0 Å². The van der Waals surface area contributed by atoms with E-state index in [0.717, 1.165) is 12.8 Å². The average Bonchev–Trinajstić information content (AvgIpc) is 2.17. The van der Waals surface area contributed by atoms with E-state index in [9.17, 15) is 4.79 Å². The lowest BCUT2D eigenvalue weighted by Crippen LogP contribution is -2.33. The molecule has 0 saturated carbocycles. The molecular weight excluding hydrogens is 176 g/mol. The van der Waals surface area contributed by atoms with Gasteiger partial charge in [-0.2, -0.15) is 0 Å². The van der Waals surface area contributed by atoms with Gasteiger partial charge in [0.1, 0.15) is 0 Å². The van der Waals surface area contributed by atoms with Crippen molar-refractivity contribution in [1.82, 2.24) is 0 Å². The highest BCUT2D eigenvalue weighted by Gasteiger charge is 2.36. The number of hydrogen-bond acceptors (Lipinski definition) is 1. The number of carboxylic acids is 1. The third kappa shape index (κ3) is 1.41. The molecule has 1 aromatic carbocycles. The van der Waals surface area contributed by atoms with Crippen LogP contribution >= 0.6 is 0 Å². The lowest BCUT2D eigenvalue weighted by Gasteiger charge is -2.30. The van der Waals surface area contributed by atoms with Gasteiger partial charge in [0.2, 0.25) is 0 Å². The van der Waals surface area contributed by atoms with Crippen LogP contribution in [0.4, 0.5) is 0 Å². The van der Waals surface area contributed by atoms with E-state index in [1.54, 1.807) is 0 Å². The van der Waals surface area contributed by atoms with Crippen molar-refractivity contribution in [2.75, 3.05) is 0 Å². The molecule has 0 heterocycles. The van der Waals surface area contributed by atoms with E-state index >= 15 is 0 Å². The zero-order valence-corrected chi connectivity index (χ0v) is 8.29. The molecule has 14 heavy (non-hydrogen) atoms. The second-order valence-electron chi connectivity index (χ2n) is 4.31. The Labute approximate surface area is 83.6 Å². The van der Waals surface area contributed by atoms with E-state index in [1.807, 2.05) is 25.1 Å². The first-order valence-corrected chi connectivity index (χ1v) is 4.92. The minimum Gasteiger partial charge on any atom is -0.481 e. The van der Waals surface area contributed by atoms with Crippen molar-refractivity contribution in [3.05, 3.63) is 35.4 Å². The molecule has 0 aliphatic heterocycles. The molecule has 1 N–H and O–H groups in total. The molecule has 1 atom stereocenters. The van der Waals surface area contributed by atoms with Gasteiger partial charge in [-0.3, -0.25) is 4.79 Å². The molecule has 0 amide bonds. The molecule has 0 bridgehead atoms. The molecule has 0 spiro atoms. The van der Waals surface area contributed by atoms with Crippen molar-refractivity contribution >= 4 is 5.97 Å². The third-order valence-electron chi connectivity index (χ3n) is 3.16. The van der Waals surface area contributed by atoms with Crippen molar-refractivity contribution in [2.45, 2.75) is 26.2 Å². The van der Waals surface area contributed by atoms with Crippen molar-refractivity contribution in [1.29, 1.82) is 0 Å². The van der Waals surface area contributed by atoms with Gasteiger partial charge in [-0.1, -0.05) is 24.3 Å². The Bertz CT molecular complexity index is 370. The number of rotatable bonds is 1. The predicted molar refractivity (Wildman–Crippen MR) is 54.2 cm³/mol. The summed E-state index contributed by atoms with van der Waals surface area (Å²) in [5.74, 6) is -0.674. The zero-order valence-electron chi connectivity index (χ0n) is 8.29. The van der Waals surface area contributed by atoms with Crippen LogP contribution in [0.25, 0.3) is 0 Å². The number of hydrogen-bond donors (Lipinski definition) is 1. The molecule has 74 valence electrons. The second kappa shape index (κ2) is 3.12. The first-order valence-electron chi connectivity index (χ1n) is 4.92. The Morgan fingerprint density at radius 2 is 2.00 bits per heavy atom. The van der Waals surface area contributed by atoms with E-state index in [1.165, 1.54) is 11.1 Å². The standard InChI is InChI=1S/C12H14O2/c1-12(11(13)14)7-6-9-4-2-3-5-10(9)8-12/h2-5H,6-8H2,1H3,(H,13,14)/t12-/m1/s1. The van der Waals surface area contributed by atoms with Gasteiger partial charge in [-0.05, 0) is 37.3 Å². The Kier molecular flexibility index (Phi) is 2.06. The van der Waals surface area contributed by atoms with Crippen LogP contribution < -0.4 is 0 Å². The van der Waals surface area contributed by atoms with Crippen molar-refractivity contribution in [2.24, 2.45) is 5.41 Å². The lowest BCUT2D eigenvalue weighted by molar-refractivity contribution is -0.148. The maximum atomic E-state index is 11.1. The summed E-state index contributed by atoms with van der Waals surface area (Å²) in [7, 11) is 0. The van der Waals surface area contributed by atoms with Crippen LogP contribution in [0.2, 0.25) is 0 Å². The number of carboxylic acid groups (broad SMARTS) is 1. The molecule has 1 aliphatic carbocycles. The van der Waals surface area contributed by atoms with Gasteiger partial charge in [0.05, 0.1) is 5.41 Å². The third-order valence-corrected chi connectivity index (χ3v) is 3.16. The molecule has 1 aromatic rings. The average molecular weight is 190 g/mol. The van der Waals surface area contributed by atoms with Crippen LogP contribution in [0.15, 0.2) is 24.3 Å². The predicted octanol–water partition coefficient (Wildman–Crippen LogP) is 2.27. The highest BCUT2D eigenvalue weighted by Crippen LogP contribution is 2.35. The van der Waals surface area contributed by atoms with Crippen molar-refractivity contribution < 1.29 is 9.90 Å². The first-order chi connectivity index (χ1) is 6.62. The number of fused-ring (bicyclic) bond motifs is 1. The monoisotopic (exact) mass is 190 g/mol. The quantitative estimate of drug-likeness (QED) is 0.737. The van der Waals surface area contributed by atoms with E-state index in [0.29, 0.717) is 6.42 Å². The summed E-state index contributed by atoms with van der Waals surface area (Å²) in [5, 5.41) is 9.12. The molecular formula is C12H14O2. The molecule has 0 fully saturated rings. The molecule has 0 aromatic heterocycles. The van der Waals surface area contributed by atoms with Gasteiger partial charge in [0.15, 0.2) is 0 Å². The highest BCUT2D eigenvalue weighted by molar-refractivity contribution is 5.75. The Morgan fingerprint density at radius 3 is 2.64 bits per heavy atom. The fraction of sp³-hybridized carbons (Fsp3) is 0.417. The van der Waals surface area contributed by atoms with Crippen LogP contribution in [-0.4, -0.2) is 11.1 Å². The van der Waals surface area contributed by atoms with Crippen LogP contribution in [0, 0.1) is 5.41 Å². The SMILES string of the molecule is C[C@@]1(C(=O)O)CCc2ccccc2C1. The van der Waals surface area contributed by atoms with Crippen molar-refractivity contribution in [3.8, 4) is 0 Å². The van der Waals surface area contributed by atoms with E-state index < -0.39 is 11.4 Å². The number of aliphatic carboxylic acids is 1. The largest absolute Gasteiger partial charge is 0.481 e. The second-order valence-corrected chi connectivity index (χ2v) is 4.31. The Morgan fingerprint density at radius 1 is 1.36 bits per heavy atom. The fourth-order valence-corrected chi connectivity index (χ4v) is 2.08. The first kappa shape index (κ1) is 9.25. The summed E-state index contributed by atoms with van der Waals surface area (Å²) in [4.78, 5) is 11.1. The normalized spacial score (nSPS) is 25.5. The summed E-state index contributed by atoms with van der Waals surface area (Å²) in [6, 6.07) is 8.13. The van der Waals surface area contributed by atoms with Gasteiger partial charge in [0, 0.05) is 0 Å². The topological polar surface area (TPSA) is 37.3 Å². The Hall–Kier alpha value is -1.31. The molecule has 1 aliphatic rings. The molecule has 0 radical (unpaired) electrons. The molecule has 2 heteroatoms. The minimum atomic E-state index is -0.674. The van der Waals surface area contributed by atoms with E-state index in [-0.39, 0.29) is 0 Å². The number of carbonyl (C=O) groups is 1. The summed E-state index contributed by atoms with van der Waals surface area (Å²) in [6.45, 7) is 1.84. The molecule has 2 nitrogen and oxygen atoms in total. The number of benzene rings is 1. The Balaban J connectivity index is 2.34. The van der Waals surface area contributed by atoms with Crippen LogP contribution in [0.3, 0.4) is 0 Å². The fourth-order valence-electron chi connectivity index (χ4n) is 2.08.